The number of ketones is 1. The van der Waals surface area contributed by atoms with Crippen molar-refractivity contribution in [3.63, 3.8) is 0 Å². The molecule has 0 saturated carbocycles. The van der Waals surface area contributed by atoms with E-state index >= 15 is 0 Å². The van der Waals surface area contributed by atoms with Gasteiger partial charge >= 0.3 is 5.97 Å². The van der Waals surface area contributed by atoms with Crippen LogP contribution in [0.3, 0.4) is 0 Å². The molecule has 1 aromatic carbocycles. The van der Waals surface area contributed by atoms with Gasteiger partial charge in [0.2, 0.25) is 0 Å². The smallest absolute Gasteiger partial charge is 0.313 e. The van der Waals surface area contributed by atoms with Crippen molar-refractivity contribution < 1.29 is 19.1 Å². The summed E-state index contributed by atoms with van der Waals surface area (Å²) in [5, 5.41) is 0. The van der Waals surface area contributed by atoms with Crippen LogP contribution in [0.2, 0.25) is 0 Å². The maximum Gasteiger partial charge on any atom is 0.313 e. The van der Waals surface area contributed by atoms with Gasteiger partial charge in [-0.3, -0.25) is 9.59 Å². The Morgan fingerprint density at radius 3 is 2.56 bits per heavy atom. The van der Waals surface area contributed by atoms with Gasteiger partial charge in [-0.2, -0.15) is 0 Å². The molecule has 0 spiro atoms. The quantitative estimate of drug-likeness (QED) is 0.424. The van der Waals surface area contributed by atoms with E-state index in [1.54, 1.807) is 31.2 Å². The minimum atomic E-state index is -0.507. The topological polar surface area (TPSA) is 52.6 Å². The number of Topliss-reactive ketones (excluding diaryl/α,β-unsaturated/α-hetero) is 1. The van der Waals surface area contributed by atoms with E-state index in [9.17, 15) is 9.59 Å². The molecule has 98 valence electrons. The molecule has 1 rings (SSSR count). The van der Waals surface area contributed by atoms with Gasteiger partial charge in [-0.05, 0) is 25.5 Å². The Hall–Kier alpha value is -1.84. The Kier molecular flexibility index (Phi) is 5.91. The van der Waals surface area contributed by atoms with Crippen LogP contribution < -0.4 is 4.74 Å². The van der Waals surface area contributed by atoms with Crippen LogP contribution in [0.1, 0.15) is 37.0 Å². The zero-order valence-corrected chi connectivity index (χ0v) is 10.8. The van der Waals surface area contributed by atoms with Crippen molar-refractivity contribution in [1.82, 2.24) is 0 Å². The summed E-state index contributed by atoms with van der Waals surface area (Å²) in [4.78, 5) is 23.2. The minimum absolute atomic E-state index is 0.250. The Morgan fingerprint density at radius 2 is 1.89 bits per heavy atom. The highest BCUT2D eigenvalue weighted by Gasteiger charge is 2.16. The maximum atomic E-state index is 11.9. The molecule has 0 aliphatic heterocycles. The normalized spacial score (nSPS) is 9.89. The number of carbonyl (C=O) groups excluding carboxylic acids is 2. The number of benzene rings is 1. The standard InChI is InChI=1S/C14H18O4/c1-3-9-18-13-8-6-5-7-11(13)12(15)10-14(16)17-4-2/h5-8H,3-4,9-10H2,1-2H3. The summed E-state index contributed by atoms with van der Waals surface area (Å²) in [5.74, 6) is -0.262. The molecule has 0 amide bonds. The molecule has 0 aliphatic carbocycles. The minimum Gasteiger partial charge on any atom is -0.493 e. The monoisotopic (exact) mass is 250 g/mol. The summed E-state index contributed by atoms with van der Waals surface area (Å²) in [6.45, 7) is 4.52. The summed E-state index contributed by atoms with van der Waals surface area (Å²) >= 11 is 0. The highest BCUT2D eigenvalue weighted by atomic mass is 16.5. The number of carbonyl (C=O) groups is 2. The number of para-hydroxylation sites is 1. The van der Waals surface area contributed by atoms with Crippen molar-refractivity contribution in [2.45, 2.75) is 26.7 Å². The molecule has 0 aliphatic rings. The van der Waals surface area contributed by atoms with E-state index in [1.165, 1.54) is 0 Å². The molecule has 1 aromatic rings. The van der Waals surface area contributed by atoms with E-state index in [1.807, 2.05) is 6.92 Å². The number of hydrogen-bond acceptors (Lipinski definition) is 4. The van der Waals surface area contributed by atoms with E-state index in [0.29, 0.717) is 17.9 Å². The van der Waals surface area contributed by atoms with Gasteiger partial charge in [0.05, 0.1) is 18.8 Å². The average molecular weight is 250 g/mol. The van der Waals surface area contributed by atoms with Crippen LogP contribution in [-0.4, -0.2) is 25.0 Å². The fourth-order valence-electron chi connectivity index (χ4n) is 1.47. The highest BCUT2D eigenvalue weighted by molar-refractivity contribution is 6.07. The molecule has 18 heavy (non-hydrogen) atoms. The van der Waals surface area contributed by atoms with Crippen LogP contribution in [0, 0.1) is 0 Å². The predicted molar refractivity (Wildman–Crippen MR) is 67.8 cm³/mol. The Balaban J connectivity index is 2.75. The van der Waals surface area contributed by atoms with Crippen molar-refractivity contribution in [2.24, 2.45) is 0 Å². The molecule has 0 unspecified atom stereocenters. The van der Waals surface area contributed by atoms with Crippen LogP contribution in [0.15, 0.2) is 24.3 Å². The molecule has 0 aromatic heterocycles. The van der Waals surface area contributed by atoms with Gasteiger partial charge < -0.3 is 9.47 Å². The Bertz CT molecular complexity index is 412. The van der Waals surface area contributed by atoms with Gasteiger partial charge in [0.15, 0.2) is 5.78 Å². The summed E-state index contributed by atoms with van der Waals surface area (Å²) in [5.41, 5.74) is 0.430. The van der Waals surface area contributed by atoms with Crippen LogP contribution in [0.4, 0.5) is 0 Å². The van der Waals surface area contributed by atoms with Crippen molar-refractivity contribution >= 4 is 11.8 Å². The van der Waals surface area contributed by atoms with Gasteiger partial charge in [0.1, 0.15) is 12.2 Å². The van der Waals surface area contributed by atoms with Gasteiger partial charge in [0.25, 0.3) is 0 Å². The average Bonchev–Trinajstić information content (AvgIpc) is 2.36. The highest BCUT2D eigenvalue weighted by Crippen LogP contribution is 2.20. The second kappa shape index (κ2) is 7.48. The van der Waals surface area contributed by atoms with E-state index in [0.717, 1.165) is 6.42 Å². The fourth-order valence-corrected chi connectivity index (χ4v) is 1.47. The largest absolute Gasteiger partial charge is 0.493 e. The molecule has 0 fully saturated rings. The summed E-state index contributed by atoms with van der Waals surface area (Å²) in [7, 11) is 0. The van der Waals surface area contributed by atoms with Crippen molar-refractivity contribution in [2.75, 3.05) is 13.2 Å². The third-order valence-electron chi connectivity index (χ3n) is 2.26. The first-order chi connectivity index (χ1) is 8.69. The molecule has 0 bridgehead atoms. The zero-order chi connectivity index (χ0) is 13.4. The third kappa shape index (κ3) is 4.20. The van der Waals surface area contributed by atoms with Crippen molar-refractivity contribution in [3.05, 3.63) is 29.8 Å². The second-order valence-corrected chi connectivity index (χ2v) is 3.75. The van der Waals surface area contributed by atoms with E-state index in [4.69, 9.17) is 9.47 Å². The van der Waals surface area contributed by atoms with E-state index < -0.39 is 5.97 Å². The fraction of sp³-hybridized carbons (Fsp3) is 0.429. The molecule has 0 atom stereocenters. The lowest BCUT2D eigenvalue weighted by molar-refractivity contribution is -0.141. The molecular formula is C14H18O4. The van der Waals surface area contributed by atoms with Crippen molar-refractivity contribution in [1.29, 1.82) is 0 Å². The molecule has 0 N–H and O–H groups in total. The Labute approximate surface area is 107 Å². The van der Waals surface area contributed by atoms with Gasteiger partial charge in [-0.25, -0.2) is 0 Å². The van der Waals surface area contributed by atoms with Crippen LogP contribution in [0.25, 0.3) is 0 Å². The van der Waals surface area contributed by atoms with E-state index in [2.05, 4.69) is 0 Å². The van der Waals surface area contributed by atoms with Crippen LogP contribution in [0.5, 0.6) is 5.75 Å². The molecule has 0 heterocycles. The third-order valence-corrected chi connectivity index (χ3v) is 2.26. The number of ether oxygens (including phenoxy) is 2. The van der Waals surface area contributed by atoms with Crippen LogP contribution in [-0.2, 0) is 9.53 Å². The van der Waals surface area contributed by atoms with Crippen molar-refractivity contribution in [3.8, 4) is 5.75 Å². The van der Waals surface area contributed by atoms with E-state index in [-0.39, 0.29) is 18.8 Å². The maximum absolute atomic E-state index is 11.9. The molecule has 0 radical (unpaired) electrons. The first-order valence-corrected chi connectivity index (χ1v) is 6.09. The number of hydrogen-bond donors (Lipinski definition) is 0. The molecule has 0 saturated heterocycles. The van der Waals surface area contributed by atoms with Gasteiger partial charge in [0, 0.05) is 0 Å². The van der Waals surface area contributed by atoms with Gasteiger partial charge in [-0.1, -0.05) is 19.1 Å². The number of esters is 1. The molecule has 4 heteroatoms. The molecule has 4 nitrogen and oxygen atoms in total. The SMILES string of the molecule is CCCOc1ccccc1C(=O)CC(=O)OCC. The van der Waals surface area contributed by atoms with Gasteiger partial charge in [-0.15, -0.1) is 0 Å². The summed E-state index contributed by atoms with van der Waals surface area (Å²) in [6, 6.07) is 6.93. The predicted octanol–water partition coefficient (Wildman–Crippen LogP) is 2.61. The van der Waals surface area contributed by atoms with Crippen LogP contribution >= 0.6 is 0 Å². The lowest BCUT2D eigenvalue weighted by Crippen LogP contribution is -2.12. The lowest BCUT2D eigenvalue weighted by Gasteiger charge is -2.09. The second-order valence-electron chi connectivity index (χ2n) is 3.75. The first-order valence-electron chi connectivity index (χ1n) is 6.09. The summed E-state index contributed by atoms with van der Waals surface area (Å²) < 4.78 is 10.2. The summed E-state index contributed by atoms with van der Waals surface area (Å²) in [6.07, 6.45) is 0.612. The Morgan fingerprint density at radius 1 is 1.17 bits per heavy atom. The first kappa shape index (κ1) is 14.2. The zero-order valence-electron chi connectivity index (χ0n) is 10.8. The number of rotatable bonds is 7. The lowest BCUT2D eigenvalue weighted by atomic mass is 10.1. The molecular weight excluding hydrogens is 232 g/mol.